The van der Waals surface area contributed by atoms with Gasteiger partial charge < -0.3 is 15.7 Å². The first-order valence-electron chi connectivity index (χ1n) is 8.01. The highest BCUT2D eigenvalue weighted by molar-refractivity contribution is 5.98. The molecule has 3 N–H and O–H groups in total. The van der Waals surface area contributed by atoms with Crippen LogP contribution in [-0.4, -0.2) is 22.9 Å². The van der Waals surface area contributed by atoms with E-state index in [0.29, 0.717) is 31.4 Å². The molecule has 1 aromatic rings. The SMILES string of the molecule is O=C1CCc2ccc(NC(=O)[C@@H]3CCCC[C@H]3C(=O)O)cc2N1. The lowest BCUT2D eigenvalue weighted by Crippen LogP contribution is -2.36. The summed E-state index contributed by atoms with van der Waals surface area (Å²) in [4.78, 5) is 35.2. The number of fused-ring (bicyclic) bond motifs is 1. The van der Waals surface area contributed by atoms with Crippen molar-refractivity contribution in [1.29, 1.82) is 0 Å². The molecule has 6 heteroatoms. The van der Waals surface area contributed by atoms with Gasteiger partial charge in [0.05, 0.1) is 11.8 Å². The number of carbonyl (C=O) groups is 3. The Balaban J connectivity index is 1.73. The summed E-state index contributed by atoms with van der Waals surface area (Å²) in [6, 6.07) is 5.43. The second-order valence-corrected chi connectivity index (χ2v) is 6.25. The van der Waals surface area contributed by atoms with E-state index in [1.165, 1.54) is 0 Å². The molecule has 0 bridgehead atoms. The maximum absolute atomic E-state index is 12.5. The van der Waals surface area contributed by atoms with E-state index in [4.69, 9.17) is 0 Å². The quantitative estimate of drug-likeness (QED) is 0.798. The molecule has 1 heterocycles. The molecule has 0 unspecified atom stereocenters. The maximum Gasteiger partial charge on any atom is 0.307 e. The fourth-order valence-corrected chi connectivity index (χ4v) is 3.42. The summed E-state index contributed by atoms with van der Waals surface area (Å²) in [6.07, 6.45) is 4.05. The summed E-state index contributed by atoms with van der Waals surface area (Å²) < 4.78 is 0. The molecule has 1 fully saturated rings. The first-order valence-corrected chi connectivity index (χ1v) is 8.01. The van der Waals surface area contributed by atoms with Crippen molar-refractivity contribution in [2.45, 2.75) is 38.5 Å². The molecule has 23 heavy (non-hydrogen) atoms. The average Bonchev–Trinajstić information content (AvgIpc) is 2.54. The summed E-state index contributed by atoms with van der Waals surface area (Å²) in [7, 11) is 0. The van der Waals surface area contributed by atoms with Gasteiger partial charge in [-0.25, -0.2) is 0 Å². The van der Waals surface area contributed by atoms with Crippen molar-refractivity contribution in [3.8, 4) is 0 Å². The monoisotopic (exact) mass is 316 g/mol. The van der Waals surface area contributed by atoms with E-state index in [9.17, 15) is 19.5 Å². The molecule has 2 amide bonds. The lowest BCUT2D eigenvalue weighted by molar-refractivity contribution is -0.147. The van der Waals surface area contributed by atoms with Crippen molar-refractivity contribution in [1.82, 2.24) is 0 Å². The Morgan fingerprint density at radius 1 is 1.13 bits per heavy atom. The number of carboxylic acids is 1. The van der Waals surface area contributed by atoms with E-state index in [-0.39, 0.29) is 11.8 Å². The van der Waals surface area contributed by atoms with Gasteiger partial charge in [-0.2, -0.15) is 0 Å². The number of carbonyl (C=O) groups excluding carboxylic acids is 2. The summed E-state index contributed by atoms with van der Waals surface area (Å²) in [6.45, 7) is 0. The Hall–Kier alpha value is -2.37. The molecule has 1 saturated carbocycles. The van der Waals surface area contributed by atoms with Crippen LogP contribution in [0.3, 0.4) is 0 Å². The van der Waals surface area contributed by atoms with Crippen molar-refractivity contribution in [2.75, 3.05) is 10.6 Å². The molecule has 2 aliphatic rings. The minimum Gasteiger partial charge on any atom is -0.481 e. The van der Waals surface area contributed by atoms with Crippen LogP contribution in [0.1, 0.15) is 37.7 Å². The van der Waals surface area contributed by atoms with Crippen LogP contribution in [0.4, 0.5) is 11.4 Å². The van der Waals surface area contributed by atoms with Crippen molar-refractivity contribution in [3.63, 3.8) is 0 Å². The fourth-order valence-electron chi connectivity index (χ4n) is 3.42. The van der Waals surface area contributed by atoms with Gasteiger partial charge in [0.25, 0.3) is 0 Å². The van der Waals surface area contributed by atoms with Gasteiger partial charge in [0.2, 0.25) is 11.8 Å². The average molecular weight is 316 g/mol. The van der Waals surface area contributed by atoms with Gasteiger partial charge in [-0.3, -0.25) is 14.4 Å². The zero-order chi connectivity index (χ0) is 16.4. The van der Waals surface area contributed by atoms with E-state index in [1.54, 1.807) is 12.1 Å². The molecule has 0 aromatic heterocycles. The number of aryl methyl sites for hydroxylation is 1. The van der Waals surface area contributed by atoms with Crippen LogP contribution >= 0.6 is 0 Å². The number of amides is 2. The first-order chi connectivity index (χ1) is 11.0. The van der Waals surface area contributed by atoms with Gasteiger partial charge in [0.15, 0.2) is 0 Å². The van der Waals surface area contributed by atoms with E-state index in [1.807, 2.05) is 6.07 Å². The van der Waals surface area contributed by atoms with Gasteiger partial charge >= 0.3 is 5.97 Å². The van der Waals surface area contributed by atoms with Gasteiger partial charge in [-0.15, -0.1) is 0 Å². The largest absolute Gasteiger partial charge is 0.481 e. The number of nitrogens with one attached hydrogen (secondary N) is 2. The Kier molecular flexibility index (Phi) is 4.32. The molecule has 6 nitrogen and oxygen atoms in total. The lowest BCUT2D eigenvalue weighted by atomic mass is 9.78. The predicted octanol–water partition coefficient (Wildman–Crippen LogP) is 2.40. The molecule has 0 saturated heterocycles. The van der Waals surface area contributed by atoms with Crippen LogP contribution in [-0.2, 0) is 20.8 Å². The minimum atomic E-state index is -0.900. The van der Waals surface area contributed by atoms with Crippen molar-refractivity contribution < 1.29 is 19.5 Å². The Bertz CT molecular complexity index is 656. The second kappa shape index (κ2) is 6.40. The summed E-state index contributed by atoms with van der Waals surface area (Å²) in [5.74, 6) is -2.28. The first kappa shape index (κ1) is 15.5. The van der Waals surface area contributed by atoms with Crippen LogP contribution in [0.15, 0.2) is 18.2 Å². The molecule has 1 aliphatic carbocycles. The van der Waals surface area contributed by atoms with Gasteiger partial charge in [-0.1, -0.05) is 18.9 Å². The third kappa shape index (κ3) is 3.36. The number of aliphatic carboxylic acids is 1. The third-order valence-corrected chi connectivity index (χ3v) is 4.69. The van der Waals surface area contributed by atoms with Crippen LogP contribution in [0.25, 0.3) is 0 Å². The van der Waals surface area contributed by atoms with Crippen molar-refractivity contribution in [2.24, 2.45) is 11.8 Å². The van der Waals surface area contributed by atoms with E-state index >= 15 is 0 Å². The molecular weight excluding hydrogens is 296 g/mol. The smallest absolute Gasteiger partial charge is 0.307 e. The Labute approximate surface area is 134 Å². The molecule has 1 aromatic carbocycles. The Morgan fingerprint density at radius 2 is 1.87 bits per heavy atom. The van der Waals surface area contributed by atoms with Crippen molar-refractivity contribution >= 4 is 29.2 Å². The lowest BCUT2D eigenvalue weighted by Gasteiger charge is -2.27. The van der Waals surface area contributed by atoms with Crippen LogP contribution < -0.4 is 10.6 Å². The molecule has 1 aliphatic heterocycles. The molecule has 0 spiro atoms. The van der Waals surface area contributed by atoms with Crippen LogP contribution in [0, 0.1) is 11.8 Å². The number of hydrogen-bond donors (Lipinski definition) is 3. The minimum absolute atomic E-state index is 0.0285. The number of carboxylic acid groups (broad SMARTS) is 1. The standard InChI is InChI=1S/C17H20N2O4/c20-15-8-6-10-5-7-11(9-14(10)19-15)18-16(21)12-3-1-2-4-13(12)17(22)23/h5,7,9,12-13H,1-4,6,8H2,(H,18,21)(H,19,20)(H,22,23)/t12-,13-/m1/s1. The number of benzene rings is 1. The maximum atomic E-state index is 12.5. The summed E-state index contributed by atoms with van der Waals surface area (Å²) in [5.41, 5.74) is 2.35. The molecule has 122 valence electrons. The fraction of sp³-hybridized carbons (Fsp3) is 0.471. The van der Waals surface area contributed by atoms with Gasteiger partial charge in [-0.05, 0) is 37.0 Å². The Morgan fingerprint density at radius 3 is 2.61 bits per heavy atom. The van der Waals surface area contributed by atoms with Crippen LogP contribution in [0.2, 0.25) is 0 Å². The van der Waals surface area contributed by atoms with Crippen molar-refractivity contribution in [3.05, 3.63) is 23.8 Å². The molecule has 0 radical (unpaired) electrons. The predicted molar refractivity (Wildman–Crippen MR) is 85.1 cm³/mol. The summed E-state index contributed by atoms with van der Waals surface area (Å²) in [5, 5.41) is 14.9. The zero-order valence-electron chi connectivity index (χ0n) is 12.8. The molecule has 3 rings (SSSR count). The highest BCUT2D eigenvalue weighted by atomic mass is 16.4. The van der Waals surface area contributed by atoms with E-state index < -0.39 is 17.8 Å². The number of anilines is 2. The molecular formula is C17H20N2O4. The highest BCUT2D eigenvalue weighted by Gasteiger charge is 2.35. The normalized spacial score (nSPS) is 23.6. The topological polar surface area (TPSA) is 95.5 Å². The third-order valence-electron chi connectivity index (χ3n) is 4.69. The second-order valence-electron chi connectivity index (χ2n) is 6.25. The van der Waals surface area contributed by atoms with Crippen LogP contribution in [0.5, 0.6) is 0 Å². The van der Waals surface area contributed by atoms with Gasteiger partial charge in [0.1, 0.15) is 0 Å². The van der Waals surface area contributed by atoms with E-state index in [0.717, 1.165) is 24.1 Å². The summed E-state index contributed by atoms with van der Waals surface area (Å²) >= 11 is 0. The van der Waals surface area contributed by atoms with E-state index in [2.05, 4.69) is 10.6 Å². The zero-order valence-corrected chi connectivity index (χ0v) is 12.8. The number of hydrogen-bond acceptors (Lipinski definition) is 3. The molecule has 2 atom stereocenters. The van der Waals surface area contributed by atoms with Gasteiger partial charge in [0, 0.05) is 17.8 Å². The number of rotatable bonds is 3. The highest BCUT2D eigenvalue weighted by Crippen LogP contribution is 2.32.